The first-order valence-corrected chi connectivity index (χ1v) is 9.36. The van der Waals surface area contributed by atoms with Gasteiger partial charge in [-0.15, -0.1) is 0 Å². The maximum Gasteiger partial charge on any atom is 0.259 e. The molecule has 2 rings (SSSR count). The topological polar surface area (TPSA) is 41.6 Å². The van der Waals surface area contributed by atoms with Gasteiger partial charge in [-0.1, -0.05) is 37.6 Å². The molecule has 1 amide bonds. The van der Waals surface area contributed by atoms with Crippen LogP contribution in [0.3, 0.4) is 0 Å². The van der Waals surface area contributed by atoms with Gasteiger partial charge in [-0.05, 0) is 62.3 Å². The number of carbonyl (C=O) groups excluding carboxylic acids is 1. The Hall–Kier alpha value is -2.04. The highest BCUT2D eigenvalue weighted by molar-refractivity contribution is 6.31. The van der Waals surface area contributed by atoms with Crippen LogP contribution in [-0.4, -0.2) is 37.0 Å². The van der Waals surface area contributed by atoms with E-state index in [4.69, 9.17) is 16.3 Å². The molecule has 0 saturated carbocycles. The predicted octanol–water partition coefficient (Wildman–Crippen LogP) is 4.93. The molecule has 0 bridgehead atoms. The van der Waals surface area contributed by atoms with Crippen molar-refractivity contribution in [3.8, 4) is 5.75 Å². The van der Waals surface area contributed by atoms with E-state index in [0.29, 0.717) is 28.6 Å². The minimum atomic E-state index is -0.178. The molecule has 0 aromatic heterocycles. The number of halogens is 1. The molecular formula is C21H27ClN2O2. The van der Waals surface area contributed by atoms with Gasteiger partial charge in [0.1, 0.15) is 12.4 Å². The summed E-state index contributed by atoms with van der Waals surface area (Å²) in [6.45, 7) is 11.4. The van der Waals surface area contributed by atoms with Gasteiger partial charge < -0.3 is 15.0 Å². The molecule has 26 heavy (non-hydrogen) atoms. The monoisotopic (exact) mass is 374 g/mol. The quantitative estimate of drug-likeness (QED) is 0.712. The van der Waals surface area contributed by atoms with Crippen molar-refractivity contribution in [2.45, 2.75) is 27.7 Å². The van der Waals surface area contributed by atoms with Crippen molar-refractivity contribution in [2.24, 2.45) is 0 Å². The summed E-state index contributed by atoms with van der Waals surface area (Å²) in [4.78, 5) is 15.1. The van der Waals surface area contributed by atoms with Crippen LogP contribution >= 0.6 is 11.6 Å². The number of nitrogens with zero attached hydrogens (tertiary/aromatic N) is 1. The Morgan fingerprint density at radius 1 is 1.12 bits per heavy atom. The van der Waals surface area contributed by atoms with Crippen LogP contribution in [0, 0.1) is 13.8 Å². The zero-order valence-electron chi connectivity index (χ0n) is 15.9. The van der Waals surface area contributed by atoms with Gasteiger partial charge in [0, 0.05) is 17.3 Å². The van der Waals surface area contributed by atoms with Crippen LogP contribution in [0.1, 0.15) is 35.3 Å². The van der Waals surface area contributed by atoms with Crippen LogP contribution in [0.5, 0.6) is 5.75 Å². The van der Waals surface area contributed by atoms with E-state index in [-0.39, 0.29) is 5.91 Å². The molecule has 5 heteroatoms. The SMILES string of the molecule is CCN(CC)CCOc1cccc(C)c1C(=O)Nc1ccc(Cl)c(C)c1. The van der Waals surface area contributed by atoms with E-state index in [1.807, 2.05) is 38.1 Å². The van der Waals surface area contributed by atoms with E-state index in [1.54, 1.807) is 12.1 Å². The molecule has 0 radical (unpaired) electrons. The van der Waals surface area contributed by atoms with Crippen molar-refractivity contribution in [3.63, 3.8) is 0 Å². The maximum absolute atomic E-state index is 12.8. The second-order valence-electron chi connectivity index (χ2n) is 6.24. The minimum absolute atomic E-state index is 0.178. The first kappa shape index (κ1) is 20.3. The predicted molar refractivity (Wildman–Crippen MR) is 109 cm³/mol. The molecule has 0 saturated heterocycles. The van der Waals surface area contributed by atoms with E-state index in [2.05, 4.69) is 24.1 Å². The fourth-order valence-electron chi connectivity index (χ4n) is 2.79. The number of benzene rings is 2. The van der Waals surface area contributed by atoms with Crippen LogP contribution in [0.4, 0.5) is 5.69 Å². The average molecular weight is 375 g/mol. The smallest absolute Gasteiger partial charge is 0.259 e. The number of amides is 1. The molecule has 140 valence electrons. The third kappa shape index (κ3) is 5.23. The Morgan fingerprint density at radius 3 is 2.50 bits per heavy atom. The number of likely N-dealkylation sites (N-methyl/N-ethyl adjacent to an activating group) is 1. The minimum Gasteiger partial charge on any atom is -0.491 e. The molecule has 0 unspecified atom stereocenters. The Bertz CT molecular complexity index is 758. The lowest BCUT2D eigenvalue weighted by Crippen LogP contribution is -2.28. The number of nitrogens with one attached hydrogen (secondary N) is 1. The first-order valence-electron chi connectivity index (χ1n) is 8.98. The van der Waals surface area contributed by atoms with Gasteiger partial charge >= 0.3 is 0 Å². The van der Waals surface area contributed by atoms with Gasteiger partial charge in [0.05, 0.1) is 5.56 Å². The third-order valence-corrected chi connectivity index (χ3v) is 4.86. The molecule has 0 aliphatic rings. The van der Waals surface area contributed by atoms with Crippen molar-refractivity contribution in [1.29, 1.82) is 0 Å². The van der Waals surface area contributed by atoms with E-state index in [9.17, 15) is 4.79 Å². The summed E-state index contributed by atoms with van der Waals surface area (Å²) in [7, 11) is 0. The summed E-state index contributed by atoms with van der Waals surface area (Å²) in [5, 5.41) is 3.62. The summed E-state index contributed by atoms with van der Waals surface area (Å²) in [5.41, 5.74) is 3.09. The van der Waals surface area contributed by atoms with E-state index >= 15 is 0 Å². The van der Waals surface area contributed by atoms with Crippen molar-refractivity contribution in [1.82, 2.24) is 4.90 Å². The van der Waals surface area contributed by atoms with Crippen LogP contribution in [0.2, 0.25) is 5.02 Å². The number of aryl methyl sites for hydroxylation is 2. The maximum atomic E-state index is 12.8. The Balaban J connectivity index is 2.14. The lowest BCUT2D eigenvalue weighted by molar-refractivity contribution is 0.102. The van der Waals surface area contributed by atoms with Gasteiger partial charge in [-0.3, -0.25) is 4.79 Å². The highest BCUT2D eigenvalue weighted by atomic mass is 35.5. The standard InChI is InChI=1S/C21H27ClN2O2/c1-5-24(6-2)12-13-26-19-9-7-8-15(3)20(19)21(25)23-17-10-11-18(22)16(4)14-17/h7-11,14H,5-6,12-13H2,1-4H3,(H,23,25). The Labute approximate surface area is 161 Å². The van der Waals surface area contributed by atoms with Crippen LogP contribution in [-0.2, 0) is 0 Å². The normalized spacial score (nSPS) is 10.8. The summed E-state index contributed by atoms with van der Waals surface area (Å²) in [5.74, 6) is 0.433. The molecule has 1 N–H and O–H groups in total. The number of anilines is 1. The van der Waals surface area contributed by atoms with Gasteiger partial charge in [0.15, 0.2) is 0 Å². The summed E-state index contributed by atoms with van der Waals surface area (Å²) >= 11 is 6.05. The molecule has 0 aliphatic carbocycles. The summed E-state index contributed by atoms with van der Waals surface area (Å²) in [6.07, 6.45) is 0. The molecule has 0 fully saturated rings. The van der Waals surface area contributed by atoms with E-state index in [1.165, 1.54) is 0 Å². The zero-order chi connectivity index (χ0) is 19.1. The van der Waals surface area contributed by atoms with Crippen LogP contribution in [0.15, 0.2) is 36.4 Å². The van der Waals surface area contributed by atoms with Gasteiger partial charge in [0.2, 0.25) is 0 Å². The van der Waals surface area contributed by atoms with Crippen molar-refractivity contribution >= 4 is 23.2 Å². The zero-order valence-corrected chi connectivity index (χ0v) is 16.7. The Morgan fingerprint density at radius 2 is 1.85 bits per heavy atom. The lowest BCUT2D eigenvalue weighted by atomic mass is 10.1. The van der Waals surface area contributed by atoms with Gasteiger partial charge in [0.25, 0.3) is 5.91 Å². The lowest BCUT2D eigenvalue weighted by Gasteiger charge is -2.19. The van der Waals surface area contributed by atoms with E-state index < -0.39 is 0 Å². The molecule has 2 aromatic carbocycles. The number of hydrogen-bond acceptors (Lipinski definition) is 3. The number of hydrogen-bond donors (Lipinski definition) is 1. The van der Waals surface area contributed by atoms with Crippen LogP contribution < -0.4 is 10.1 Å². The average Bonchev–Trinajstić information content (AvgIpc) is 2.62. The highest BCUT2D eigenvalue weighted by Gasteiger charge is 2.16. The molecule has 0 atom stereocenters. The Kier molecular flexibility index (Phi) is 7.49. The fraction of sp³-hybridized carbons (Fsp3) is 0.381. The fourth-order valence-corrected chi connectivity index (χ4v) is 2.91. The third-order valence-electron chi connectivity index (χ3n) is 4.44. The number of rotatable bonds is 8. The largest absolute Gasteiger partial charge is 0.491 e. The highest BCUT2D eigenvalue weighted by Crippen LogP contribution is 2.25. The molecule has 4 nitrogen and oxygen atoms in total. The molecule has 0 aliphatic heterocycles. The van der Waals surface area contributed by atoms with Crippen molar-refractivity contribution < 1.29 is 9.53 Å². The van der Waals surface area contributed by atoms with E-state index in [0.717, 1.165) is 30.8 Å². The first-order chi connectivity index (χ1) is 12.5. The van der Waals surface area contributed by atoms with Gasteiger partial charge in [-0.2, -0.15) is 0 Å². The molecule has 2 aromatic rings. The van der Waals surface area contributed by atoms with Gasteiger partial charge in [-0.25, -0.2) is 0 Å². The number of carbonyl (C=O) groups is 1. The van der Waals surface area contributed by atoms with Crippen molar-refractivity contribution in [2.75, 3.05) is 31.6 Å². The number of ether oxygens (including phenoxy) is 1. The summed E-state index contributed by atoms with van der Waals surface area (Å²) < 4.78 is 5.93. The summed E-state index contributed by atoms with van der Waals surface area (Å²) in [6, 6.07) is 11.1. The second kappa shape index (κ2) is 9.60. The molecule has 0 heterocycles. The molecular weight excluding hydrogens is 348 g/mol. The van der Waals surface area contributed by atoms with Crippen molar-refractivity contribution in [3.05, 3.63) is 58.1 Å². The molecule has 0 spiro atoms. The second-order valence-corrected chi connectivity index (χ2v) is 6.65. The van der Waals surface area contributed by atoms with Crippen LogP contribution in [0.25, 0.3) is 0 Å².